The number of carbonyl (C=O) groups is 2. The van der Waals surface area contributed by atoms with Gasteiger partial charge in [0.05, 0.1) is 0 Å². The fourth-order valence-electron chi connectivity index (χ4n) is 0.752. The van der Waals surface area contributed by atoms with E-state index in [9.17, 15) is 9.59 Å². The second-order valence-electron chi connectivity index (χ2n) is 2.64. The van der Waals surface area contributed by atoms with Crippen LogP contribution in [0.1, 0.15) is 27.7 Å². The van der Waals surface area contributed by atoms with Gasteiger partial charge < -0.3 is 4.74 Å². The molecule has 0 radical (unpaired) electrons. The average molecular weight is 185 g/mol. The third-order valence-electron chi connectivity index (χ3n) is 1.62. The number of amides is 1. The molecule has 0 saturated carbocycles. The van der Waals surface area contributed by atoms with E-state index in [4.69, 9.17) is 4.74 Å². The maximum absolute atomic E-state index is 11.1. The molecule has 0 aliphatic heterocycles. The number of rotatable bonds is 3. The third kappa shape index (κ3) is 4.30. The Morgan fingerprint density at radius 3 is 2.15 bits per heavy atom. The Labute approximate surface area is 78.2 Å². The second kappa shape index (κ2) is 5.35. The number of ether oxygens (including phenoxy) is 1. The third-order valence-corrected chi connectivity index (χ3v) is 1.62. The first-order valence-corrected chi connectivity index (χ1v) is 4.03. The summed E-state index contributed by atoms with van der Waals surface area (Å²) in [5.74, 6) is -0.535. The van der Waals surface area contributed by atoms with E-state index in [0.29, 0.717) is 0 Å². The van der Waals surface area contributed by atoms with Crippen molar-refractivity contribution < 1.29 is 14.3 Å². The van der Waals surface area contributed by atoms with E-state index >= 15 is 0 Å². The summed E-state index contributed by atoms with van der Waals surface area (Å²) in [6.45, 7) is 6.32. The number of carbonyl (C=O) groups excluding carboxylic acids is 2. The van der Waals surface area contributed by atoms with Crippen LogP contribution in [0.4, 0.5) is 0 Å². The van der Waals surface area contributed by atoms with Crippen LogP contribution in [-0.2, 0) is 14.3 Å². The Hall–Kier alpha value is -1.32. The molecular weight excluding hydrogens is 170 g/mol. The van der Waals surface area contributed by atoms with E-state index in [2.05, 4.69) is 0 Å². The minimum Gasteiger partial charge on any atom is -0.444 e. The zero-order chi connectivity index (χ0) is 10.4. The van der Waals surface area contributed by atoms with Crippen LogP contribution in [0.25, 0.3) is 0 Å². The Bertz CT molecular complexity index is 233. The monoisotopic (exact) mass is 185 g/mol. The van der Waals surface area contributed by atoms with Crippen molar-refractivity contribution in [3.63, 3.8) is 0 Å². The number of hydrogen-bond acceptors (Lipinski definition) is 3. The number of hydrogen-bond donors (Lipinski definition) is 0. The van der Waals surface area contributed by atoms with Crippen molar-refractivity contribution in [1.82, 2.24) is 4.90 Å². The largest absolute Gasteiger partial charge is 0.444 e. The fourth-order valence-corrected chi connectivity index (χ4v) is 0.752. The SMILES string of the molecule is C/C=C(\C)N(COC(C)=O)C(C)=O. The van der Waals surface area contributed by atoms with E-state index < -0.39 is 5.97 Å². The minimum absolute atomic E-state index is 0.0131. The average Bonchev–Trinajstić information content (AvgIpc) is 2.03. The van der Waals surface area contributed by atoms with Crippen molar-refractivity contribution in [1.29, 1.82) is 0 Å². The van der Waals surface area contributed by atoms with Gasteiger partial charge in [0.25, 0.3) is 0 Å². The summed E-state index contributed by atoms with van der Waals surface area (Å²) in [5, 5.41) is 0. The summed E-state index contributed by atoms with van der Waals surface area (Å²) < 4.78 is 4.71. The molecule has 4 heteroatoms. The normalized spacial score (nSPS) is 10.9. The zero-order valence-corrected chi connectivity index (χ0v) is 8.46. The zero-order valence-electron chi connectivity index (χ0n) is 8.46. The molecule has 0 saturated heterocycles. The lowest BCUT2D eigenvalue weighted by Gasteiger charge is -2.20. The molecule has 0 aromatic heterocycles. The number of esters is 1. The van der Waals surface area contributed by atoms with Crippen LogP contribution in [0.5, 0.6) is 0 Å². The summed E-state index contributed by atoms with van der Waals surface area (Å²) in [6, 6.07) is 0. The predicted molar refractivity (Wildman–Crippen MR) is 48.6 cm³/mol. The number of allylic oxidation sites excluding steroid dienone is 2. The summed E-state index contributed by atoms with van der Waals surface area (Å²) in [5.41, 5.74) is 0.772. The van der Waals surface area contributed by atoms with Crippen LogP contribution in [0, 0.1) is 0 Å². The molecule has 0 unspecified atom stereocenters. The maximum Gasteiger partial charge on any atom is 0.304 e. The van der Waals surface area contributed by atoms with Gasteiger partial charge >= 0.3 is 5.97 Å². The smallest absolute Gasteiger partial charge is 0.304 e. The van der Waals surface area contributed by atoms with E-state index in [0.717, 1.165) is 5.70 Å². The lowest BCUT2D eigenvalue weighted by atomic mass is 10.4. The molecule has 0 heterocycles. The molecule has 0 N–H and O–H groups in total. The Balaban J connectivity index is 4.28. The first-order valence-electron chi connectivity index (χ1n) is 4.03. The summed E-state index contributed by atoms with van der Waals surface area (Å²) >= 11 is 0. The van der Waals surface area contributed by atoms with Gasteiger partial charge in [0.1, 0.15) is 0 Å². The minimum atomic E-state index is -0.393. The van der Waals surface area contributed by atoms with Gasteiger partial charge in [-0.3, -0.25) is 14.5 Å². The van der Waals surface area contributed by atoms with Crippen molar-refractivity contribution in [3.05, 3.63) is 11.8 Å². The highest BCUT2D eigenvalue weighted by molar-refractivity contribution is 5.75. The second-order valence-corrected chi connectivity index (χ2v) is 2.64. The Morgan fingerprint density at radius 2 is 1.85 bits per heavy atom. The van der Waals surface area contributed by atoms with Crippen molar-refractivity contribution in [2.45, 2.75) is 27.7 Å². The van der Waals surface area contributed by atoms with Crippen LogP contribution in [-0.4, -0.2) is 23.5 Å². The molecule has 74 valence electrons. The molecule has 0 aromatic carbocycles. The van der Waals surface area contributed by atoms with Gasteiger partial charge in [-0.2, -0.15) is 0 Å². The molecule has 0 aliphatic carbocycles. The molecule has 13 heavy (non-hydrogen) atoms. The molecule has 0 atom stereocenters. The maximum atomic E-state index is 11.1. The van der Waals surface area contributed by atoms with Crippen molar-refractivity contribution in [3.8, 4) is 0 Å². The van der Waals surface area contributed by atoms with Crippen LogP contribution in [0.15, 0.2) is 11.8 Å². The molecule has 0 aromatic rings. The van der Waals surface area contributed by atoms with Gasteiger partial charge in [-0.25, -0.2) is 0 Å². The molecule has 0 aliphatic rings. The highest BCUT2D eigenvalue weighted by atomic mass is 16.5. The lowest BCUT2D eigenvalue weighted by molar-refractivity contribution is -0.148. The van der Waals surface area contributed by atoms with E-state index in [1.165, 1.54) is 18.7 Å². The molecule has 4 nitrogen and oxygen atoms in total. The highest BCUT2D eigenvalue weighted by Crippen LogP contribution is 2.03. The molecule has 0 rings (SSSR count). The van der Waals surface area contributed by atoms with Crippen LogP contribution < -0.4 is 0 Å². The molecule has 1 amide bonds. The summed E-state index contributed by atoms with van der Waals surface area (Å²) in [7, 11) is 0. The van der Waals surface area contributed by atoms with Crippen molar-refractivity contribution in [2.24, 2.45) is 0 Å². The standard InChI is InChI=1S/C9H15NO3/c1-5-7(2)10(8(3)11)6-13-9(4)12/h5H,6H2,1-4H3/b7-5+. The van der Waals surface area contributed by atoms with Crippen molar-refractivity contribution in [2.75, 3.05) is 6.73 Å². The van der Waals surface area contributed by atoms with Crippen LogP contribution in [0.3, 0.4) is 0 Å². The fraction of sp³-hybridized carbons (Fsp3) is 0.556. The number of nitrogens with zero attached hydrogens (tertiary/aromatic N) is 1. The first-order chi connectivity index (χ1) is 5.99. The topological polar surface area (TPSA) is 46.6 Å². The summed E-state index contributed by atoms with van der Waals surface area (Å²) in [6.07, 6.45) is 1.78. The van der Waals surface area contributed by atoms with Gasteiger partial charge in [-0.05, 0) is 13.8 Å². The van der Waals surface area contributed by atoms with Crippen LogP contribution >= 0.6 is 0 Å². The van der Waals surface area contributed by atoms with E-state index in [-0.39, 0.29) is 12.6 Å². The highest BCUT2D eigenvalue weighted by Gasteiger charge is 2.10. The van der Waals surface area contributed by atoms with Gasteiger partial charge in [-0.1, -0.05) is 6.08 Å². The van der Waals surface area contributed by atoms with E-state index in [1.54, 1.807) is 13.0 Å². The Kier molecular flexibility index (Phi) is 4.80. The van der Waals surface area contributed by atoms with Gasteiger partial charge in [-0.15, -0.1) is 0 Å². The van der Waals surface area contributed by atoms with Gasteiger partial charge in [0, 0.05) is 19.5 Å². The molecule has 0 fully saturated rings. The summed E-state index contributed by atoms with van der Waals surface area (Å²) in [4.78, 5) is 22.9. The van der Waals surface area contributed by atoms with Crippen LogP contribution in [0.2, 0.25) is 0 Å². The molecule has 0 bridgehead atoms. The molecule has 0 spiro atoms. The Morgan fingerprint density at radius 1 is 1.31 bits per heavy atom. The van der Waals surface area contributed by atoms with Gasteiger partial charge in [0.15, 0.2) is 6.73 Å². The van der Waals surface area contributed by atoms with Crippen molar-refractivity contribution >= 4 is 11.9 Å². The van der Waals surface area contributed by atoms with E-state index in [1.807, 2.05) is 6.92 Å². The van der Waals surface area contributed by atoms with Gasteiger partial charge in [0.2, 0.25) is 5.91 Å². The molecular formula is C9H15NO3. The first kappa shape index (κ1) is 11.7. The quantitative estimate of drug-likeness (QED) is 0.491. The lowest BCUT2D eigenvalue weighted by Crippen LogP contribution is -2.30. The predicted octanol–water partition coefficient (Wildman–Crippen LogP) is 1.28.